The highest BCUT2D eigenvalue weighted by atomic mass is 19.1. The van der Waals surface area contributed by atoms with Crippen LogP contribution >= 0.6 is 0 Å². The minimum atomic E-state index is -0.897. The van der Waals surface area contributed by atoms with Crippen molar-refractivity contribution in [3.05, 3.63) is 0 Å². The van der Waals surface area contributed by atoms with Crippen molar-refractivity contribution in [1.29, 1.82) is 5.26 Å². The molecule has 0 unspecified atom stereocenters. The molecule has 2 fully saturated rings. The molecule has 0 aromatic heterocycles. The Morgan fingerprint density at radius 3 is 2.18 bits per heavy atom. The van der Waals surface area contributed by atoms with Crippen LogP contribution in [-0.4, -0.2) is 5.67 Å². The van der Waals surface area contributed by atoms with E-state index in [0.717, 1.165) is 57.3 Å². The average molecular weight is 237 g/mol. The Morgan fingerprint density at radius 1 is 1.12 bits per heavy atom. The Balaban J connectivity index is 1.88. The van der Waals surface area contributed by atoms with Gasteiger partial charge in [-0.1, -0.05) is 13.3 Å². The second kappa shape index (κ2) is 5.38. The largest absolute Gasteiger partial charge is 0.244 e. The lowest BCUT2D eigenvalue weighted by atomic mass is 9.67. The zero-order valence-corrected chi connectivity index (χ0v) is 10.9. The first-order chi connectivity index (χ1) is 8.18. The average Bonchev–Trinajstić information content (AvgIpc) is 2.40. The van der Waals surface area contributed by atoms with Crippen LogP contribution in [-0.2, 0) is 0 Å². The van der Waals surface area contributed by atoms with Crippen molar-refractivity contribution in [3.8, 4) is 6.07 Å². The molecule has 17 heavy (non-hydrogen) atoms. The summed E-state index contributed by atoms with van der Waals surface area (Å²) in [5, 5.41) is 8.87. The summed E-state index contributed by atoms with van der Waals surface area (Å²) < 4.78 is 14.9. The fourth-order valence-electron chi connectivity index (χ4n) is 3.71. The second-order valence-electron chi connectivity index (χ2n) is 6.06. The van der Waals surface area contributed by atoms with Gasteiger partial charge in [0.2, 0.25) is 0 Å². The summed E-state index contributed by atoms with van der Waals surface area (Å²) in [5.74, 6) is 1.20. The first-order valence-corrected chi connectivity index (χ1v) is 7.26. The molecule has 2 saturated carbocycles. The minimum Gasteiger partial charge on any atom is -0.244 e. The number of nitrogens with zero attached hydrogens (tertiary/aromatic N) is 1. The van der Waals surface area contributed by atoms with E-state index in [4.69, 9.17) is 5.26 Å². The summed E-state index contributed by atoms with van der Waals surface area (Å²) in [5.41, 5.74) is -0.897. The fraction of sp³-hybridized carbons (Fsp3) is 0.933. The van der Waals surface area contributed by atoms with Gasteiger partial charge in [-0.3, -0.25) is 0 Å². The van der Waals surface area contributed by atoms with E-state index >= 15 is 0 Å². The highest BCUT2D eigenvalue weighted by molar-refractivity contribution is 4.96. The SMILES string of the molecule is CCC1CCC(F)(C2CCC(C#N)CC2)CC1. The van der Waals surface area contributed by atoms with Gasteiger partial charge in [-0.25, -0.2) is 4.39 Å². The molecule has 0 atom stereocenters. The van der Waals surface area contributed by atoms with E-state index in [-0.39, 0.29) is 11.8 Å². The molecule has 0 bridgehead atoms. The van der Waals surface area contributed by atoms with Crippen molar-refractivity contribution < 1.29 is 4.39 Å². The van der Waals surface area contributed by atoms with Gasteiger partial charge in [0.15, 0.2) is 0 Å². The Morgan fingerprint density at radius 2 is 1.71 bits per heavy atom. The molecular formula is C15H24FN. The summed E-state index contributed by atoms with van der Waals surface area (Å²) in [4.78, 5) is 0. The van der Waals surface area contributed by atoms with Gasteiger partial charge < -0.3 is 0 Å². The van der Waals surface area contributed by atoms with E-state index in [2.05, 4.69) is 13.0 Å². The molecular weight excluding hydrogens is 213 g/mol. The van der Waals surface area contributed by atoms with E-state index in [9.17, 15) is 4.39 Å². The van der Waals surface area contributed by atoms with Crippen molar-refractivity contribution in [2.45, 2.75) is 70.4 Å². The van der Waals surface area contributed by atoms with E-state index in [0.29, 0.717) is 0 Å². The normalized spacial score (nSPS) is 43.0. The van der Waals surface area contributed by atoms with Crippen molar-refractivity contribution in [3.63, 3.8) is 0 Å². The predicted octanol–water partition coefficient (Wildman–Crippen LogP) is 4.62. The molecule has 96 valence electrons. The quantitative estimate of drug-likeness (QED) is 0.687. The lowest BCUT2D eigenvalue weighted by molar-refractivity contribution is 0.00160. The predicted molar refractivity (Wildman–Crippen MR) is 67.1 cm³/mol. The zero-order valence-electron chi connectivity index (χ0n) is 10.9. The third-order valence-electron chi connectivity index (χ3n) is 5.16. The standard InChI is InChI=1S/C15H24FN/c1-2-12-7-9-15(16,10-8-12)14-5-3-13(11-17)4-6-14/h12-14H,2-10H2,1H3. The molecule has 0 N–H and O–H groups in total. The highest BCUT2D eigenvalue weighted by Gasteiger charge is 2.43. The summed E-state index contributed by atoms with van der Waals surface area (Å²) >= 11 is 0. The fourth-order valence-corrected chi connectivity index (χ4v) is 3.71. The van der Waals surface area contributed by atoms with Gasteiger partial charge in [0.25, 0.3) is 0 Å². The molecule has 0 amide bonds. The van der Waals surface area contributed by atoms with E-state index < -0.39 is 5.67 Å². The topological polar surface area (TPSA) is 23.8 Å². The van der Waals surface area contributed by atoms with Crippen molar-refractivity contribution >= 4 is 0 Å². The Hall–Kier alpha value is -0.580. The molecule has 0 aliphatic heterocycles. The number of hydrogen-bond acceptors (Lipinski definition) is 1. The third kappa shape index (κ3) is 2.81. The van der Waals surface area contributed by atoms with Crippen LogP contribution in [0.5, 0.6) is 0 Å². The lowest BCUT2D eigenvalue weighted by Crippen LogP contribution is -2.39. The summed E-state index contributed by atoms with van der Waals surface area (Å²) in [6, 6.07) is 2.33. The Kier molecular flexibility index (Phi) is 4.07. The van der Waals surface area contributed by atoms with Crippen LogP contribution < -0.4 is 0 Å². The van der Waals surface area contributed by atoms with Gasteiger partial charge in [-0.15, -0.1) is 0 Å². The molecule has 0 aromatic rings. The van der Waals surface area contributed by atoms with Crippen LogP contribution in [0.2, 0.25) is 0 Å². The van der Waals surface area contributed by atoms with Crippen LogP contribution in [0.25, 0.3) is 0 Å². The molecule has 2 rings (SSSR count). The molecule has 0 aromatic carbocycles. The maximum absolute atomic E-state index is 14.9. The van der Waals surface area contributed by atoms with E-state index in [1.54, 1.807) is 0 Å². The van der Waals surface area contributed by atoms with Crippen LogP contribution in [0, 0.1) is 29.1 Å². The molecule has 0 saturated heterocycles. The van der Waals surface area contributed by atoms with Gasteiger partial charge in [-0.2, -0.15) is 5.26 Å². The molecule has 2 heteroatoms. The Labute approximate surface area is 104 Å². The smallest absolute Gasteiger partial charge is 0.113 e. The molecule has 2 aliphatic carbocycles. The summed E-state index contributed by atoms with van der Waals surface area (Å²) in [7, 11) is 0. The van der Waals surface area contributed by atoms with Crippen LogP contribution in [0.1, 0.15) is 64.7 Å². The highest BCUT2D eigenvalue weighted by Crippen LogP contribution is 2.47. The first-order valence-electron chi connectivity index (χ1n) is 7.26. The number of rotatable bonds is 2. The van der Waals surface area contributed by atoms with E-state index in [1.165, 1.54) is 6.42 Å². The molecule has 0 radical (unpaired) electrons. The molecule has 2 aliphatic rings. The molecule has 0 spiro atoms. The number of nitriles is 1. The maximum atomic E-state index is 14.9. The zero-order chi connectivity index (χ0) is 12.3. The second-order valence-corrected chi connectivity index (χ2v) is 6.06. The van der Waals surface area contributed by atoms with Crippen molar-refractivity contribution in [2.24, 2.45) is 17.8 Å². The summed E-state index contributed by atoms with van der Waals surface area (Å²) in [6.07, 6.45) is 8.61. The van der Waals surface area contributed by atoms with Gasteiger partial charge in [0, 0.05) is 5.92 Å². The molecule has 0 heterocycles. The third-order valence-corrected chi connectivity index (χ3v) is 5.16. The lowest BCUT2D eigenvalue weighted by Gasteiger charge is -2.41. The summed E-state index contributed by atoms with van der Waals surface area (Å²) in [6.45, 7) is 2.22. The van der Waals surface area contributed by atoms with Gasteiger partial charge in [-0.05, 0) is 63.2 Å². The monoisotopic (exact) mass is 237 g/mol. The Bertz CT molecular complexity index is 278. The molecule has 1 nitrogen and oxygen atoms in total. The van der Waals surface area contributed by atoms with E-state index in [1.807, 2.05) is 0 Å². The van der Waals surface area contributed by atoms with Crippen LogP contribution in [0.15, 0.2) is 0 Å². The van der Waals surface area contributed by atoms with Gasteiger partial charge in [0.05, 0.1) is 6.07 Å². The van der Waals surface area contributed by atoms with Crippen molar-refractivity contribution in [2.75, 3.05) is 0 Å². The van der Waals surface area contributed by atoms with Crippen LogP contribution in [0.3, 0.4) is 0 Å². The van der Waals surface area contributed by atoms with Crippen LogP contribution in [0.4, 0.5) is 4.39 Å². The number of halogens is 1. The van der Waals surface area contributed by atoms with Crippen molar-refractivity contribution in [1.82, 2.24) is 0 Å². The van der Waals surface area contributed by atoms with Gasteiger partial charge in [0.1, 0.15) is 5.67 Å². The number of alkyl halides is 1. The van der Waals surface area contributed by atoms with Gasteiger partial charge >= 0.3 is 0 Å². The maximum Gasteiger partial charge on any atom is 0.113 e. The number of hydrogen-bond donors (Lipinski definition) is 0. The minimum absolute atomic E-state index is 0.196. The first kappa shape index (κ1) is 12.9.